The third-order valence-corrected chi connectivity index (χ3v) is 4.97. The first-order valence-electron chi connectivity index (χ1n) is 6.79. The van der Waals surface area contributed by atoms with E-state index in [2.05, 4.69) is 0 Å². The van der Waals surface area contributed by atoms with E-state index in [1.54, 1.807) is 11.8 Å². The van der Waals surface area contributed by atoms with Crippen LogP contribution in [0.2, 0.25) is 0 Å². The fourth-order valence-electron chi connectivity index (χ4n) is 2.19. The van der Waals surface area contributed by atoms with Crippen molar-refractivity contribution in [3.05, 3.63) is 35.4 Å². The predicted molar refractivity (Wildman–Crippen MR) is 81.1 cm³/mol. The number of ether oxygens (including phenoxy) is 1. The Bertz CT molecular complexity index is 506. The predicted octanol–water partition coefficient (Wildman–Crippen LogP) is 3.25. The molecule has 0 saturated heterocycles. The van der Waals surface area contributed by atoms with Crippen LogP contribution in [-0.2, 0) is 9.53 Å². The molecule has 0 aromatic heterocycles. The molecule has 20 heavy (non-hydrogen) atoms. The zero-order chi connectivity index (χ0) is 14.6. The molecule has 1 aromatic carbocycles. The second kappa shape index (κ2) is 6.44. The molecule has 0 heterocycles. The van der Waals surface area contributed by atoms with Crippen LogP contribution in [-0.4, -0.2) is 30.4 Å². The highest BCUT2D eigenvalue weighted by molar-refractivity contribution is 8.00. The molecule has 0 radical (unpaired) electrons. The van der Waals surface area contributed by atoms with Crippen molar-refractivity contribution in [1.82, 2.24) is 0 Å². The van der Waals surface area contributed by atoms with Crippen LogP contribution in [0.25, 0.3) is 0 Å². The molecule has 1 aromatic rings. The largest absolute Gasteiger partial charge is 0.469 e. The minimum absolute atomic E-state index is 0.0879. The second-order valence-electron chi connectivity index (χ2n) is 5.54. The summed E-state index contributed by atoms with van der Waals surface area (Å²) in [7, 11) is 1.42. The normalized spacial score (nSPS) is 15.7. The molecule has 0 unspecified atom stereocenters. The zero-order valence-corrected chi connectivity index (χ0v) is 12.8. The summed E-state index contributed by atoms with van der Waals surface area (Å²) in [6, 6.07) is 7.67. The number of thioether (sulfide) groups is 1. The van der Waals surface area contributed by atoms with Gasteiger partial charge in [0.25, 0.3) is 0 Å². The number of carbonyl (C=O) groups is 2. The molecule has 0 bridgehead atoms. The number of ketones is 1. The van der Waals surface area contributed by atoms with E-state index in [0.29, 0.717) is 12.2 Å². The first kappa shape index (κ1) is 15.1. The Morgan fingerprint density at radius 2 is 2.10 bits per heavy atom. The summed E-state index contributed by atoms with van der Waals surface area (Å²) in [6.07, 6.45) is 2.61. The molecule has 0 aliphatic heterocycles. The number of Topliss-reactive ketones (excluding diaryl/α,β-unsaturated/α-hetero) is 1. The molecule has 108 valence electrons. The lowest BCUT2D eigenvalue weighted by atomic mass is 10.1. The van der Waals surface area contributed by atoms with Crippen molar-refractivity contribution in [2.24, 2.45) is 5.41 Å². The van der Waals surface area contributed by atoms with E-state index >= 15 is 0 Å². The highest BCUT2D eigenvalue weighted by Crippen LogP contribution is 2.51. The number of rotatable bonds is 7. The summed E-state index contributed by atoms with van der Waals surface area (Å²) < 4.78 is 4.72. The molecule has 1 saturated carbocycles. The van der Waals surface area contributed by atoms with E-state index in [-0.39, 0.29) is 17.2 Å². The lowest BCUT2D eigenvalue weighted by Crippen LogP contribution is -2.14. The maximum absolute atomic E-state index is 12.1. The van der Waals surface area contributed by atoms with Crippen molar-refractivity contribution in [3.8, 4) is 0 Å². The third kappa shape index (κ3) is 4.10. The summed E-state index contributed by atoms with van der Waals surface area (Å²) >= 11 is 1.63. The maximum atomic E-state index is 12.1. The van der Waals surface area contributed by atoms with Crippen LogP contribution >= 0.6 is 11.8 Å². The van der Waals surface area contributed by atoms with Crippen LogP contribution in [0.1, 0.15) is 35.2 Å². The molecular formula is C16H20O3S. The van der Waals surface area contributed by atoms with E-state index in [9.17, 15) is 9.59 Å². The summed E-state index contributed by atoms with van der Waals surface area (Å²) in [6.45, 7) is 1.99. The molecule has 2 rings (SSSR count). The number of hydrogen-bond acceptors (Lipinski definition) is 4. The van der Waals surface area contributed by atoms with Gasteiger partial charge in [0, 0.05) is 5.56 Å². The second-order valence-corrected chi connectivity index (χ2v) is 6.52. The third-order valence-electron chi connectivity index (χ3n) is 3.69. The van der Waals surface area contributed by atoms with Gasteiger partial charge >= 0.3 is 5.97 Å². The Balaban J connectivity index is 1.79. The van der Waals surface area contributed by atoms with Gasteiger partial charge in [0.2, 0.25) is 0 Å². The van der Waals surface area contributed by atoms with Crippen molar-refractivity contribution in [1.29, 1.82) is 0 Å². The van der Waals surface area contributed by atoms with E-state index in [0.717, 1.165) is 29.7 Å². The Kier molecular flexibility index (Phi) is 4.86. The highest BCUT2D eigenvalue weighted by atomic mass is 32.2. The lowest BCUT2D eigenvalue weighted by Gasteiger charge is -2.12. The molecule has 1 aliphatic rings. The molecule has 0 N–H and O–H groups in total. The van der Waals surface area contributed by atoms with Gasteiger partial charge in [0.15, 0.2) is 5.78 Å². The highest BCUT2D eigenvalue weighted by Gasteiger charge is 2.44. The summed E-state index contributed by atoms with van der Waals surface area (Å²) in [5.41, 5.74) is 1.96. The van der Waals surface area contributed by atoms with Gasteiger partial charge in [-0.15, -0.1) is 0 Å². The van der Waals surface area contributed by atoms with Gasteiger partial charge in [-0.25, -0.2) is 0 Å². The molecule has 1 fully saturated rings. The number of hydrogen-bond donors (Lipinski definition) is 0. The minimum Gasteiger partial charge on any atom is -0.469 e. The number of benzene rings is 1. The SMILES string of the molecule is COC(=O)CC1(CSCC(=O)c2cccc(C)c2)CC1. The number of aryl methyl sites for hydroxylation is 1. The molecule has 3 nitrogen and oxygen atoms in total. The van der Waals surface area contributed by atoms with Gasteiger partial charge in [-0.2, -0.15) is 11.8 Å². The van der Waals surface area contributed by atoms with Crippen LogP contribution in [0.15, 0.2) is 24.3 Å². The molecule has 4 heteroatoms. The molecular weight excluding hydrogens is 272 g/mol. The van der Waals surface area contributed by atoms with Crippen molar-refractivity contribution < 1.29 is 14.3 Å². The van der Waals surface area contributed by atoms with Crippen molar-refractivity contribution in [2.75, 3.05) is 18.6 Å². The van der Waals surface area contributed by atoms with Crippen molar-refractivity contribution >= 4 is 23.5 Å². The van der Waals surface area contributed by atoms with E-state index in [1.165, 1.54) is 7.11 Å². The van der Waals surface area contributed by atoms with E-state index in [1.807, 2.05) is 31.2 Å². The van der Waals surface area contributed by atoms with Crippen molar-refractivity contribution in [3.63, 3.8) is 0 Å². The van der Waals surface area contributed by atoms with E-state index in [4.69, 9.17) is 4.74 Å². The monoisotopic (exact) mass is 292 g/mol. The first-order chi connectivity index (χ1) is 9.54. The Morgan fingerprint density at radius 1 is 1.35 bits per heavy atom. The smallest absolute Gasteiger partial charge is 0.306 e. The fourth-order valence-corrected chi connectivity index (χ4v) is 3.47. The summed E-state index contributed by atoms with van der Waals surface area (Å²) in [5, 5.41) is 0. The van der Waals surface area contributed by atoms with Crippen LogP contribution in [0, 0.1) is 12.3 Å². The minimum atomic E-state index is -0.145. The van der Waals surface area contributed by atoms with Crippen LogP contribution < -0.4 is 0 Å². The van der Waals surface area contributed by atoms with Gasteiger partial charge in [-0.05, 0) is 37.0 Å². The van der Waals surface area contributed by atoms with Crippen LogP contribution in [0.3, 0.4) is 0 Å². The standard InChI is InChI=1S/C16H20O3S/c1-12-4-3-5-13(8-12)14(17)10-20-11-16(6-7-16)9-15(18)19-2/h3-5,8H,6-7,9-11H2,1-2H3. The van der Waals surface area contributed by atoms with Gasteiger partial charge in [0.1, 0.15) is 0 Å². The first-order valence-corrected chi connectivity index (χ1v) is 7.95. The summed E-state index contributed by atoms with van der Waals surface area (Å²) in [5.74, 6) is 1.35. The van der Waals surface area contributed by atoms with Gasteiger partial charge in [0.05, 0.1) is 19.3 Å². The Morgan fingerprint density at radius 3 is 2.70 bits per heavy atom. The molecule has 0 spiro atoms. The van der Waals surface area contributed by atoms with Crippen LogP contribution in [0.5, 0.6) is 0 Å². The zero-order valence-electron chi connectivity index (χ0n) is 12.0. The molecule has 0 atom stereocenters. The van der Waals surface area contributed by atoms with E-state index < -0.39 is 0 Å². The lowest BCUT2D eigenvalue weighted by molar-refractivity contribution is -0.141. The molecule has 0 amide bonds. The average Bonchev–Trinajstić information content (AvgIpc) is 3.18. The summed E-state index contributed by atoms with van der Waals surface area (Å²) in [4.78, 5) is 23.4. The van der Waals surface area contributed by atoms with Gasteiger partial charge < -0.3 is 4.74 Å². The number of esters is 1. The Hall–Kier alpha value is -1.29. The average molecular weight is 292 g/mol. The van der Waals surface area contributed by atoms with Crippen LogP contribution in [0.4, 0.5) is 0 Å². The topological polar surface area (TPSA) is 43.4 Å². The Labute approximate surface area is 124 Å². The van der Waals surface area contributed by atoms with Gasteiger partial charge in [-0.3, -0.25) is 9.59 Å². The van der Waals surface area contributed by atoms with Gasteiger partial charge in [-0.1, -0.05) is 23.8 Å². The number of carbonyl (C=O) groups excluding carboxylic acids is 2. The molecule has 1 aliphatic carbocycles. The quantitative estimate of drug-likeness (QED) is 0.571. The van der Waals surface area contributed by atoms with Crippen molar-refractivity contribution in [2.45, 2.75) is 26.2 Å². The maximum Gasteiger partial charge on any atom is 0.306 e. The number of methoxy groups -OCH3 is 1. The fraction of sp³-hybridized carbons (Fsp3) is 0.500.